The van der Waals surface area contributed by atoms with Crippen molar-refractivity contribution in [3.8, 4) is 0 Å². The largest absolute Gasteiger partial charge is 0.330 e. The number of H-pyrrole nitrogens is 1. The maximum absolute atomic E-state index is 5.46. The molecule has 2 rings (SSSR count). The van der Waals surface area contributed by atoms with Crippen molar-refractivity contribution in [2.24, 2.45) is 5.73 Å². The molecule has 1 aromatic carbocycles. The van der Waals surface area contributed by atoms with E-state index >= 15 is 0 Å². The van der Waals surface area contributed by atoms with Crippen molar-refractivity contribution in [3.05, 3.63) is 47.5 Å². The highest BCUT2D eigenvalue weighted by atomic mass is 15.2. The average Bonchev–Trinajstić information content (AvgIpc) is 2.83. The van der Waals surface area contributed by atoms with Crippen molar-refractivity contribution in [2.45, 2.75) is 25.7 Å². The molecule has 0 saturated heterocycles. The Hall–Kier alpha value is -1.68. The van der Waals surface area contributed by atoms with Crippen LogP contribution in [0.3, 0.4) is 0 Å². The third-order valence-electron chi connectivity index (χ3n) is 2.68. The summed E-state index contributed by atoms with van der Waals surface area (Å²) < 4.78 is 0. The summed E-state index contributed by atoms with van der Waals surface area (Å²) in [5, 5.41) is 7.17. The Morgan fingerprint density at radius 1 is 1.06 bits per heavy atom. The van der Waals surface area contributed by atoms with Gasteiger partial charge in [0.25, 0.3) is 0 Å². The number of nitrogens with one attached hydrogen (secondary N) is 1. The molecule has 3 N–H and O–H groups in total. The smallest absolute Gasteiger partial charge is 0.151 e. The van der Waals surface area contributed by atoms with E-state index in [1.807, 2.05) is 6.07 Å². The van der Waals surface area contributed by atoms with Crippen molar-refractivity contribution in [2.75, 3.05) is 6.54 Å². The van der Waals surface area contributed by atoms with E-state index in [-0.39, 0.29) is 0 Å². The first-order chi connectivity index (χ1) is 8.38. The van der Waals surface area contributed by atoms with Crippen LogP contribution in [0.25, 0.3) is 0 Å². The summed E-state index contributed by atoms with van der Waals surface area (Å²) in [5.41, 5.74) is 6.78. The molecule has 90 valence electrons. The number of aromatic nitrogens is 3. The maximum atomic E-state index is 5.46. The second kappa shape index (κ2) is 6.15. The molecule has 0 radical (unpaired) electrons. The van der Waals surface area contributed by atoms with Gasteiger partial charge in [-0.2, -0.15) is 5.10 Å². The third-order valence-corrected chi connectivity index (χ3v) is 2.68. The Morgan fingerprint density at radius 3 is 2.65 bits per heavy atom. The normalized spacial score (nSPS) is 10.6. The second-order valence-corrected chi connectivity index (χ2v) is 4.08. The zero-order valence-corrected chi connectivity index (χ0v) is 9.89. The van der Waals surface area contributed by atoms with E-state index in [4.69, 9.17) is 5.73 Å². The molecule has 0 bridgehead atoms. The van der Waals surface area contributed by atoms with E-state index < -0.39 is 0 Å². The van der Waals surface area contributed by atoms with Crippen LogP contribution in [0, 0.1) is 0 Å². The van der Waals surface area contributed by atoms with Crippen LogP contribution < -0.4 is 5.73 Å². The number of nitrogens with two attached hydrogens (primary N) is 1. The van der Waals surface area contributed by atoms with Crippen LogP contribution in [0.5, 0.6) is 0 Å². The summed E-state index contributed by atoms with van der Waals surface area (Å²) in [6.07, 6.45) is 3.69. The van der Waals surface area contributed by atoms with Crippen molar-refractivity contribution in [1.29, 1.82) is 0 Å². The number of rotatable bonds is 6. The lowest BCUT2D eigenvalue weighted by molar-refractivity contribution is 0.784. The molecule has 1 aromatic heterocycles. The van der Waals surface area contributed by atoms with Gasteiger partial charge in [-0.1, -0.05) is 30.3 Å². The highest BCUT2D eigenvalue weighted by molar-refractivity contribution is 5.15. The number of hydrogen-bond donors (Lipinski definition) is 2. The van der Waals surface area contributed by atoms with Crippen LogP contribution in [0.2, 0.25) is 0 Å². The lowest BCUT2D eigenvalue weighted by Crippen LogP contribution is -2.01. The Morgan fingerprint density at radius 2 is 1.88 bits per heavy atom. The first-order valence-corrected chi connectivity index (χ1v) is 6.02. The van der Waals surface area contributed by atoms with Crippen LogP contribution in [0.1, 0.15) is 23.6 Å². The first-order valence-electron chi connectivity index (χ1n) is 6.02. The number of benzene rings is 1. The van der Waals surface area contributed by atoms with Gasteiger partial charge in [0.15, 0.2) is 5.82 Å². The third kappa shape index (κ3) is 3.67. The minimum absolute atomic E-state index is 0.694. The molecule has 4 heteroatoms. The van der Waals surface area contributed by atoms with Crippen molar-refractivity contribution < 1.29 is 0 Å². The molecule has 0 atom stereocenters. The van der Waals surface area contributed by atoms with E-state index in [2.05, 4.69) is 39.4 Å². The van der Waals surface area contributed by atoms with Crippen LogP contribution in [0.4, 0.5) is 0 Å². The van der Waals surface area contributed by atoms with E-state index in [9.17, 15) is 0 Å². The van der Waals surface area contributed by atoms with Gasteiger partial charge in [-0.05, 0) is 24.9 Å². The van der Waals surface area contributed by atoms with Gasteiger partial charge < -0.3 is 5.73 Å². The van der Waals surface area contributed by atoms with E-state index in [0.717, 1.165) is 37.3 Å². The van der Waals surface area contributed by atoms with Crippen LogP contribution in [-0.2, 0) is 19.3 Å². The second-order valence-electron chi connectivity index (χ2n) is 4.08. The minimum Gasteiger partial charge on any atom is -0.330 e. The summed E-state index contributed by atoms with van der Waals surface area (Å²) in [6, 6.07) is 10.4. The first kappa shape index (κ1) is 11.8. The lowest BCUT2D eigenvalue weighted by atomic mass is 10.1. The molecule has 0 fully saturated rings. The van der Waals surface area contributed by atoms with Crippen molar-refractivity contribution in [3.63, 3.8) is 0 Å². The lowest BCUT2D eigenvalue weighted by Gasteiger charge is -1.97. The molecule has 1 heterocycles. The van der Waals surface area contributed by atoms with Crippen molar-refractivity contribution in [1.82, 2.24) is 15.2 Å². The predicted molar refractivity (Wildman–Crippen MR) is 67.6 cm³/mol. The molecule has 0 unspecified atom stereocenters. The Balaban J connectivity index is 1.85. The number of hydrogen-bond acceptors (Lipinski definition) is 3. The Kier molecular flexibility index (Phi) is 4.27. The van der Waals surface area contributed by atoms with Crippen LogP contribution >= 0.6 is 0 Å². The topological polar surface area (TPSA) is 67.6 Å². The van der Waals surface area contributed by atoms with Gasteiger partial charge >= 0.3 is 0 Å². The van der Waals surface area contributed by atoms with Gasteiger partial charge in [0.05, 0.1) is 0 Å². The van der Waals surface area contributed by atoms with Crippen molar-refractivity contribution >= 4 is 0 Å². The molecule has 4 nitrogen and oxygen atoms in total. The van der Waals surface area contributed by atoms with Gasteiger partial charge in [-0.3, -0.25) is 5.10 Å². The molecule has 0 spiro atoms. The highest BCUT2D eigenvalue weighted by Crippen LogP contribution is 2.04. The highest BCUT2D eigenvalue weighted by Gasteiger charge is 2.03. The summed E-state index contributed by atoms with van der Waals surface area (Å²) in [5.74, 6) is 1.83. The van der Waals surface area contributed by atoms with E-state index in [1.54, 1.807) is 0 Å². The van der Waals surface area contributed by atoms with Crippen LogP contribution in [-0.4, -0.2) is 21.7 Å². The summed E-state index contributed by atoms with van der Waals surface area (Å²) >= 11 is 0. The molecular weight excluding hydrogens is 212 g/mol. The number of aromatic amines is 1. The Labute approximate surface area is 101 Å². The molecule has 0 aliphatic carbocycles. The quantitative estimate of drug-likeness (QED) is 0.790. The van der Waals surface area contributed by atoms with Gasteiger partial charge in [0.2, 0.25) is 0 Å². The summed E-state index contributed by atoms with van der Waals surface area (Å²) in [7, 11) is 0. The fourth-order valence-corrected chi connectivity index (χ4v) is 1.73. The fraction of sp³-hybridized carbons (Fsp3) is 0.385. The fourth-order valence-electron chi connectivity index (χ4n) is 1.73. The molecular formula is C13H18N4. The summed E-state index contributed by atoms with van der Waals surface area (Å²) in [6.45, 7) is 0.694. The van der Waals surface area contributed by atoms with E-state index in [0.29, 0.717) is 6.54 Å². The molecule has 0 aliphatic rings. The average molecular weight is 230 g/mol. The SMILES string of the molecule is NCCCc1nc(CCc2ccccc2)n[nH]1. The van der Waals surface area contributed by atoms with E-state index in [1.165, 1.54) is 5.56 Å². The maximum Gasteiger partial charge on any atom is 0.151 e. The van der Waals surface area contributed by atoms with Gasteiger partial charge in [0, 0.05) is 12.8 Å². The Bertz CT molecular complexity index is 436. The minimum atomic E-state index is 0.694. The molecule has 2 aromatic rings. The number of aryl methyl sites for hydroxylation is 3. The molecule has 0 aliphatic heterocycles. The standard InChI is InChI=1S/C13H18N4/c14-10-4-7-12-15-13(17-16-12)9-8-11-5-2-1-3-6-11/h1-3,5-6H,4,7-10,14H2,(H,15,16,17). The predicted octanol–water partition coefficient (Wildman–Crippen LogP) is 1.48. The monoisotopic (exact) mass is 230 g/mol. The molecule has 0 saturated carbocycles. The van der Waals surface area contributed by atoms with Gasteiger partial charge in [0.1, 0.15) is 5.82 Å². The molecule has 17 heavy (non-hydrogen) atoms. The summed E-state index contributed by atoms with van der Waals surface area (Å²) in [4.78, 5) is 4.44. The molecule has 0 amide bonds. The zero-order chi connectivity index (χ0) is 11.9. The van der Waals surface area contributed by atoms with Gasteiger partial charge in [-0.15, -0.1) is 0 Å². The van der Waals surface area contributed by atoms with Gasteiger partial charge in [-0.25, -0.2) is 4.98 Å². The zero-order valence-electron chi connectivity index (χ0n) is 9.89. The van der Waals surface area contributed by atoms with Crippen LogP contribution in [0.15, 0.2) is 30.3 Å². The number of nitrogens with zero attached hydrogens (tertiary/aromatic N) is 2.